The van der Waals surface area contributed by atoms with Crippen molar-refractivity contribution in [2.45, 2.75) is 20.0 Å². The van der Waals surface area contributed by atoms with Gasteiger partial charge in [0.25, 0.3) is 0 Å². The fraction of sp³-hybridized carbons (Fsp3) is 0.111. The van der Waals surface area contributed by atoms with Gasteiger partial charge in [0.2, 0.25) is 0 Å². The highest BCUT2D eigenvalue weighted by atomic mass is 28.3. The molecule has 0 bridgehead atoms. The van der Waals surface area contributed by atoms with Gasteiger partial charge >= 0.3 is 0 Å². The van der Waals surface area contributed by atoms with Crippen LogP contribution in [0, 0.1) is 6.92 Å². The Morgan fingerprint density at radius 3 is 1.69 bits per heavy atom. The van der Waals surface area contributed by atoms with Crippen LogP contribution >= 0.6 is 0 Å². The molecule has 0 saturated carbocycles. The molecule has 0 saturated heterocycles. The summed E-state index contributed by atoms with van der Waals surface area (Å²) in [6.07, 6.45) is 2.57. The maximum absolute atomic E-state index is 2.55. The number of benzene rings is 5. The molecule has 0 N–H and O–H groups in total. The molecule has 8 rings (SSSR count). The molecule has 0 radical (unpaired) electrons. The largest absolute Gasteiger partial charge is 0.358 e. The molecule has 3 heterocycles. The minimum atomic E-state index is -2.44. The van der Waals surface area contributed by atoms with E-state index in [4.69, 9.17) is 0 Å². The number of aryl methyl sites for hydroxylation is 1. The van der Waals surface area contributed by atoms with Crippen molar-refractivity contribution in [3.8, 4) is 22.3 Å². The Balaban J connectivity index is 1.41. The van der Waals surface area contributed by atoms with Crippen LogP contribution in [-0.2, 0) is 0 Å². The summed E-state index contributed by atoms with van der Waals surface area (Å²) in [4.78, 5) is 4.83. The lowest BCUT2D eigenvalue weighted by Gasteiger charge is -2.32. The zero-order chi connectivity index (χ0) is 26.3. The summed E-state index contributed by atoms with van der Waals surface area (Å²) in [5.41, 5.74) is 10.7. The first-order valence-corrected chi connectivity index (χ1v) is 15.8. The molecule has 1 spiro atoms. The molecule has 0 fully saturated rings. The van der Waals surface area contributed by atoms with E-state index >= 15 is 0 Å². The average Bonchev–Trinajstić information content (AvgIpc) is 3.56. The van der Waals surface area contributed by atoms with Gasteiger partial charge in [-0.25, -0.2) is 0 Å². The summed E-state index contributed by atoms with van der Waals surface area (Å²) in [7, 11) is -0.253. The predicted molar refractivity (Wildman–Crippen MR) is 167 cm³/mol. The van der Waals surface area contributed by atoms with Gasteiger partial charge in [-0.15, -0.1) is 0 Å². The van der Waals surface area contributed by atoms with E-state index in [1.54, 1.807) is 0 Å². The number of nitrogens with zero attached hydrogens (tertiary/aromatic N) is 2. The molecule has 5 aromatic rings. The van der Waals surface area contributed by atoms with Gasteiger partial charge in [0.05, 0.1) is 5.70 Å². The van der Waals surface area contributed by atoms with E-state index in [9.17, 15) is 0 Å². The monoisotopic (exact) mass is 518 g/mol. The van der Waals surface area contributed by atoms with Crippen molar-refractivity contribution in [2.75, 3.05) is 11.9 Å². The van der Waals surface area contributed by atoms with Crippen molar-refractivity contribution in [1.29, 1.82) is 0 Å². The first-order valence-electron chi connectivity index (χ1n) is 13.8. The van der Waals surface area contributed by atoms with Crippen LogP contribution in [-0.4, -0.2) is 26.2 Å². The highest BCUT2D eigenvalue weighted by Crippen LogP contribution is 2.40. The molecule has 39 heavy (non-hydrogen) atoms. The van der Waals surface area contributed by atoms with Crippen LogP contribution in [0.15, 0.2) is 121 Å². The Bertz CT molecular complexity index is 1770. The van der Waals surface area contributed by atoms with Crippen molar-refractivity contribution in [3.63, 3.8) is 0 Å². The zero-order valence-corrected chi connectivity index (χ0v) is 23.5. The molecular weight excluding hydrogens is 488 g/mol. The molecule has 188 valence electrons. The fourth-order valence-electron chi connectivity index (χ4n) is 7.38. The topological polar surface area (TPSA) is 6.48 Å². The van der Waals surface area contributed by atoms with Crippen molar-refractivity contribution in [2.24, 2.45) is 0 Å². The van der Waals surface area contributed by atoms with E-state index in [2.05, 4.69) is 152 Å². The molecule has 1 unspecified atom stereocenters. The maximum Gasteiger partial charge on any atom is 0.182 e. The molecule has 2 nitrogen and oxygen atoms in total. The average molecular weight is 519 g/mol. The highest BCUT2D eigenvalue weighted by Gasteiger charge is 2.53. The number of rotatable bonds is 2. The van der Waals surface area contributed by atoms with Crippen LogP contribution < -0.4 is 25.6 Å². The smallest absolute Gasteiger partial charge is 0.182 e. The van der Waals surface area contributed by atoms with Crippen molar-refractivity contribution < 1.29 is 0 Å². The van der Waals surface area contributed by atoms with E-state index in [-0.39, 0.29) is 6.17 Å². The van der Waals surface area contributed by atoms with Crippen LogP contribution in [0.4, 0.5) is 5.69 Å². The molecule has 5 aromatic carbocycles. The van der Waals surface area contributed by atoms with Gasteiger partial charge < -0.3 is 9.80 Å². The van der Waals surface area contributed by atoms with Gasteiger partial charge in [-0.3, -0.25) is 0 Å². The molecular formula is C36H30N2Si. The Hall–Kier alpha value is -4.34. The van der Waals surface area contributed by atoms with Crippen molar-refractivity contribution in [1.82, 2.24) is 4.90 Å². The first kappa shape index (κ1) is 22.6. The Morgan fingerprint density at radius 2 is 1.10 bits per heavy atom. The van der Waals surface area contributed by atoms with E-state index in [0.29, 0.717) is 0 Å². The van der Waals surface area contributed by atoms with Gasteiger partial charge in [-0.05, 0) is 74.0 Å². The Morgan fingerprint density at radius 1 is 0.590 bits per heavy atom. The molecule has 0 amide bonds. The van der Waals surface area contributed by atoms with Crippen molar-refractivity contribution in [3.05, 3.63) is 133 Å². The summed E-state index contributed by atoms with van der Waals surface area (Å²) >= 11 is 0. The predicted octanol–water partition coefficient (Wildman–Crippen LogP) is 5.43. The second kappa shape index (κ2) is 8.08. The number of para-hydroxylation sites is 1. The Kier molecular flexibility index (Phi) is 4.69. The van der Waals surface area contributed by atoms with Crippen LogP contribution in [0.3, 0.4) is 0 Å². The third-order valence-corrected chi connectivity index (χ3v) is 14.2. The van der Waals surface area contributed by atoms with Crippen LogP contribution in [0.25, 0.3) is 28.0 Å². The highest BCUT2D eigenvalue weighted by molar-refractivity contribution is 7.24. The Labute approximate surface area is 231 Å². The van der Waals surface area contributed by atoms with E-state index in [1.807, 2.05) is 0 Å². The summed E-state index contributed by atoms with van der Waals surface area (Å²) in [6, 6.07) is 43.6. The quantitative estimate of drug-likeness (QED) is 0.282. The van der Waals surface area contributed by atoms with Crippen LogP contribution in [0.5, 0.6) is 0 Å². The summed E-state index contributed by atoms with van der Waals surface area (Å²) < 4.78 is 0. The molecule has 1 atom stereocenters. The van der Waals surface area contributed by atoms with E-state index < -0.39 is 8.07 Å². The fourth-order valence-corrected chi connectivity index (χ4v) is 13.0. The summed E-state index contributed by atoms with van der Waals surface area (Å²) in [5, 5.41) is 6.09. The standard InChI is InChI=1S/C36H30N2Si/c1-24-12-4-8-16-31(24)38-25(2)37(3)23-32(38)26-20-21-30-29-15-7-11-19-35(29)39(36(30)22-26)33-17-9-5-13-27(33)28-14-6-10-18-34(28)39/h4-23,25H,1-3H3. The number of anilines is 1. The van der Waals surface area contributed by atoms with E-state index in [0.717, 1.165) is 0 Å². The molecule has 0 aliphatic carbocycles. The molecule has 3 aliphatic rings. The molecule has 0 aromatic heterocycles. The van der Waals surface area contributed by atoms with Gasteiger partial charge in [-0.1, -0.05) is 109 Å². The first-order chi connectivity index (χ1) is 19.1. The second-order valence-electron chi connectivity index (χ2n) is 11.1. The minimum absolute atomic E-state index is 0.241. The number of hydrogen-bond acceptors (Lipinski definition) is 2. The van der Waals surface area contributed by atoms with Crippen LogP contribution in [0.1, 0.15) is 18.1 Å². The SMILES string of the molecule is Cc1ccccc1N1C(c2ccc3c(c2)[Si]2(c4ccccc4-c4ccccc42)c2ccccc2-3)=CN(C)C1C. The van der Waals surface area contributed by atoms with E-state index in [1.165, 1.54) is 65.5 Å². The lowest BCUT2D eigenvalue weighted by atomic mass is 10.0. The van der Waals surface area contributed by atoms with Crippen molar-refractivity contribution >= 4 is 40.2 Å². The van der Waals surface area contributed by atoms with Gasteiger partial charge in [0.15, 0.2) is 8.07 Å². The van der Waals surface area contributed by atoms with Gasteiger partial charge in [-0.2, -0.15) is 0 Å². The van der Waals surface area contributed by atoms with Crippen LogP contribution in [0.2, 0.25) is 0 Å². The normalized spacial score (nSPS) is 17.6. The third kappa shape index (κ3) is 2.86. The molecule has 3 heteroatoms. The summed E-state index contributed by atoms with van der Waals surface area (Å²) in [5.74, 6) is 0. The lowest BCUT2D eigenvalue weighted by Crippen LogP contribution is -2.70. The third-order valence-electron chi connectivity index (χ3n) is 9.22. The van der Waals surface area contributed by atoms with Gasteiger partial charge in [0.1, 0.15) is 6.17 Å². The molecule has 3 aliphatic heterocycles. The second-order valence-corrected chi connectivity index (χ2v) is 14.8. The summed E-state index contributed by atoms with van der Waals surface area (Å²) in [6.45, 7) is 4.50. The minimum Gasteiger partial charge on any atom is -0.358 e. The number of hydrogen-bond donors (Lipinski definition) is 0. The number of fused-ring (bicyclic) bond motifs is 10. The van der Waals surface area contributed by atoms with Gasteiger partial charge in [0, 0.05) is 18.9 Å². The maximum atomic E-state index is 2.55. The lowest BCUT2D eigenvalue weighted by molar-refractivity contribution is 0.383. The zero-order valence-electron chi connectivity index (χ0n) is 22.5.